The fourth-order valence-electron chi connectivity index (χ4n) is 2.17. The molecule has 0 spiro atoms. The van der Waals surface area contributed by atoms with Gasteiger partial charge in [0, 0.05) is 18.0 Å². The molecule has 19 heavy (non-hydrogen) atoms. The number of carbonyl (C=O) groups is 2. The maximum atomic E-state index is 11.9. The third-order valence-corrected chi connectivity index (χ3v) is 3.51. The molecule has 0 unspecified atom stereocenters. The van der Waals surface area contributed by atoms with Crippen LogP contribution in [-0.4, -0.2) is 29.8 Å². The van der Waals surface area contributed by atoms with Gasteiger partial charge in [0.25, 0.3) is 0 Å². The summed E-state index contributed by atoms with van der Waals surface area (Å²) in [4.78, 5) is 24.9. The van der Waals surface area contributed by atoms with Crippen molar-refractivity contribution in [1.29, 1.82) is 0 Å². The molecule has 5 heteroatoms. The predicted octanol–water partition coefficient (Wildman–Crippen LogP) is 2.14. The number of benzene rings is 1. The third-order valence-electron chi connectivity index (χ3n) is 3.25. The molecule has 1 aliphatic heterocycles. The van der Waals surface area contributed by atoms with Crippen LogP contribution in [0.1, 0.15) is 31.4 Å². The van der Waals surface area contributed by atoms with Gasteiger partial charge in [-0.3, -0.25) is 9.59 Å². The van der Waals surface area contributed by atoms with Crippen molar-refractivity contribution in [2.45, 2.75) is 25.8 Å². The molecule has 2 amide bonds. The van der Waals surface area contributed by atoms with E-state index in [1.807, 2.05) is 19.1 Å². The minimum atomic E-state index is -0.127. The lowest BCUT2D eigenvalue weighted by atomic mass is 10.1. The van der Waals surface area contributed by atoms with E-state index in [2.05, 4.69) is 5.32 Å². The highest BCUT2D eigenvalue weighted by molar-refractivity contribution is 6.30. The Kier molecular flexibility index (Phi) is 4.43. The Labute approximate surface area is 117 Å². The van der Waals surface area contributed by atoms with Crippen LogP contribution in [0, 0.1) is 0 Å². The highest BCUT2D eigenvalue weighted by atomic mass is 35.5. The number of hydrogen-bond acceptors (Lipinski definition) is 2. The average Bonchev–Trinajstić information content (AvgIpc) is 2.75. The van der Waals surface area contributed by atoms with Crippen molar-refractivity contribution >= 4 is 23.4 Å². The topological polar surface area (TPSA) is 49.4 Å². The average molecular weight is 281 g/mol. The molecule has 1 N–H and O–H groups in total. The summed E-state index contributed by atoms with van der Waals surface area (Å²) in [6.07, 6.45) is 1.40. The zero-order valence-electron chi connectivity index (χ0n) is 10.9. The Balaban J connectivity index is 1.87. The van der Waals surface area contributed by atoms with E-state index >= 15 is 0 Å². The lowest BCUT2D eigenvalue weighted by Gasteiger charge is -2.18. The second-order valence-corrected chi connectivity index (χ2v) is 5.20. The summed E-state index contributed by atoms with van der Waals surface area (Å²) in [5.74, 6) is -0.0630. The van der Waals surface area contributed by atoms with E-state index in [-0.39, 0.29) is 24.4 Å². The number of carbonyl (C=O) groups excluding carboxylic acids is 2. The van der Waals surface area contributed by atoms with Crippen LogP contribution in [0.3, 0.4) is 0 Å². The lowest BCUT2D eigenvalue weighted by molar-refractivity contribution is -0.133. The summed E-state index contributed by atoms with van der Waals surface area (Å²) < 4.78 is 0. The Hall–Kier alpha value is -1.55. The monoisotopic (exact) mass is 280 g/mol. The van der Waals surface area contributed by atoms with E-state index in [1.54, 1.807) is 17.0 Å². The van der Waals surface area contributed by atoms with Crippen LogP contribution < -0.4 is 5.32 Å². The molecule has 1 aliphatic rings. The predicted molar refractivity (Wildman–Crippen MR) is 73.8 cm³/mol. The van der Waals surface area contributed by atoms with Crippen molar-refractivity contribution in [3.8, 4) is 0 Å². The van der Waals surface area contributed by atoms with Crippen molar-refractivity contribution in [3.05, 3.63) is 34.9 Å². The second-order valence-electron chi connectivity index (χ2n) is 4.76. The van der Waals surface area contributed by atoms with Crippen LogP contribution >= 0.6 is 11.6 Å². The molecule has 1 aromatic carbocycles. The number of nitrogens with one attached hydrogen (secondary N) is 1. The first-order valence-electron chi connectivity index (χ1n) is 6.39. The molecule has 1 aromatic rings. The Morgan fingerprint density at radius 1 is 1.42 bits per heavy atom. The molecular formula is C14H17ClN2O2. The van der Waals surface area contributed by atoms with Gasteiger partial charge in [0.2, 0.25) is 11.8 Å². The highest BCUT2D eigenvalue weighted by Gasteiger charge is 2.22. The van der Waals surface area contributed by atoms with E-state index in [0.29, 0.717) is 18.0 Å². The fourth-order valence-corrected chi connectivity index (χ4v) is 2.29. The third kappa shape index (κ3) is 3.70. The van der Waals surface area contributed by atoms with Gasteiger partial charge >= 0.3 is 0 Å². The van der Waals surface area contributed by atoms with E-state index in [4.69, 9.17) is 11.6 Å². The zero-order chi connectivity index (χ0) is 13.8. The quantitative estimate of drug-likeness (QED) is 0.919. The van der Waals surface area contributed by atoms with Crippen LogP contribution in [0.25, 0.3) is 0 Å². The van der Waals surface area contributed by atoms with Crippen molar-refractivity contribution in [2.24, 2.45) is 0 Å². The number of hydrogen-bond donors (Lipinski definition) is 1. The van der Waals surface area contributed by atoms with Crippen LogP contribution in [0.15, 0.2) is 24.3 Å². The molecule has 0 aromatic heterocycles. The minimum absolute atomic E-state index is 0.0642. The second kappa shape index (κ2) is 6.06. The standard InChI is InChI=1S/C14H17ClN2O2/c1-10(11-4-6-12(15)7-5-11)16-13(18)9-17-8-2-3-14(17)19/h4-7,10H,2-3,8-9H2,1H3,(H,16,18)/t10-/m1/s1. The first kappa shape index (κ1) is 13.9. The molecule has 2 rings (SSSR count). The fraction of sp³-hybridized carbons (Fsp3) is 0.429. The molecule has 4 nitrogen and oxygen atoms in total. The SMILES string of the molecule is C[C@@H](NC(=O)CN1CCCC1=O)c1ccc(Cl)cc1. The van der Waals surface area contributed by atoms with E-state index in [0.717, 1.165) is 12.0 Å². The smallest absolute Gasteiger partial charge is 0.240 e. The molecule has 102 valence electrons. The van der Waals surface area contributed by atoms with Gasteiger partial charge in [0.15, 0.2) is 0 Å². The van der Waals surface area contributed by atoms with Crippen LogP contribution in [0.5, 0.6) is 0 Å². The molecular weight excluding hydrogens is 264 g/mol. The van der Waals surface area contributed by atoms with Gasteiger partial charge in [0.1, 0.15) is 0 Å². The molecule has 0 aliphatic carbocycles. The maximum Gasteiger partial charge on any atom is 0.240 e. The summed E-state index contributed by atoms with van der Waals surface area (Å²) in [5.41, 5.74) is 0.991. The minimum Gasteiger partial charge on any atom is -0.348 e. The highest BCUT2D eigenvalue weighted by Crippen LogP contribution is 2.16. The lowest BCUT2D eigenvalue weighted by Crippen LogP contribution is -2.38. The van der Waals surface area contributed by atoms with E-state index in [1.165, 1.54) is 0 Å². The molecule has 1 fully saturated rings. The number of likely N-dealkylation sites (tertiary alicyclic amines) is 1. The van der Waals surface area contributed by atoms with Crippen molar-refractivity contribution in [1.82, 2.24) is 10.2 Å². The Bertz CT molecular complexity index is 473. The van der Waals surface area contributed by atoms with Crippen molar-refractivity contribution in [2.75, 3.05) is 13.1 Å². The van der Waals surface area contributed by atoms with E-state index in [9.17, 15) is 9.59 Å². The summed E-state index contributed by atoms with van der Waals surface area (Å²) >= 11 is 5.82. The number of nitrogens with zero attached hydrogens (tertiary/aromatic N) is 1. The van der Waals surface area contributed by atoms with Crippen molar-refractivity contribution < 1.29 is 9.59 Å². The van der Waals surface area contributed by atoms with Crippen LogP contribution in [0.4, 0.5) is 0 Å². The Morgan fingerprint density at radius 3 is 2.68 bits per heavy atom. The molecule has 1 heterocycles. The van der Waals surface area contributed by atoms with Crippen LogP contribution in [-0.2, 0) is 9.59 Å². The van der Waals surface area contributed by atoms with Gasteiger partial charge in [-0.1, -0.05) is 23.7 Å². The number of halogens is 1. The summed E-state index contributed by atoms with van der Waals surface area (Å²) in [6.45, 7) is 2.74. The number of amides is 2. The molecule has 1 saturated heterocycles. The number of rotatable bonds is 4. The molecule has 0 bridgehead atoms. The molecule has 1 atom stereocenters. The Morgan fingerprint density at radius 2 is 2.11 bits per heavy atom. The van der Waals surface area contributed by atoms with Crippen molar-refractivity contribution in [3.63, 3.8) is 0 Å². The largest absolute Gasteiger partial charge is 0.348 e. The van der Waals surface area contributed by atoms with E-state index < -0.39 is 0 Å². The first-order chi connectivity index (χ1) is 9.06. The van der Waals surface area contributed by atoms with Crippen LogP contribution in [0.2, 0.25) is 5.02 Å². The summed E-state index contributed by atoms with van der Waals surface area (Å²) in [6, 6.07) is 7.26. The summed E-state index contributed by atoms with van der Waals surface area (Å²) in [7, 11) is 0. The van der Waals surface area contributed by atoms with Gasteiger partial charge in [-0.15, -0.1) is 0 Å². The first-order valence-corrected chi connectivity index (χ1v) is 6.76. The summed E-state index contributed by atoms with van der Waals surface area (Å²) in [5, 5.41) is 3.56. The van der Waals surface area contributed by atoms with Gasteiger partial charge in [-0.2, -0.15) is 0 Å². The van der Waals surface area contributed by atoms with Gasteiger partial charge in [-0.05, 0) is 31.0 Å². The normalized spacial score (nSPS) is 16.5. The van der Waals surface area contributed by atoms with Gasteiger partial charge in [-0.25, -0.2) is 0 Å². The zero-order valence-corrected chi connectivity index (χ0v) is 11.6. The van der Waals surface area contributed by atoms with Gasteiger partial charge in [0.05, 0.1) is 12.6 Å². The molecule has 0 radical (unpaired) electrons. The maximum absolute atomic E-state index is 11.9. The molecule has 0 saturated carbocycles. The van der Waals surface area contributed by atoms with Gasteiger partial charge < -0.3 is 10.2 Å².